The summed E-state index contributed by atoms with van der Waals surface area (Å²) in [7, 11) is 0. The van der Waals surface area contributed by atoms with Gasteiger partial charge in [-0.3, -0.25) is 0 Å². The molecule has 0 saturated heterocycles. The number of hydrogen-bond donors (Lipinski definition) is 1. The molecule has 0 radical (unpaired) electrons. The maximum atomic E-state index is 9.00. The number of anilines is 1. The highest BCUT2D eigenvalue weighted by atomic mass is 14.9. The maximum Gasteiger partial charge on any atom is 0.102 e. The van der Waals surface area contributed by atoms with Crippen molar-refractivity contribution >= 4 is 5.69 Å². The van der Waals surface area contributed by atoms with Crippen LogP contribution in [-0.4, -0.2) is 6.54 Å². The van der Waals surface area contributed by atoms with Gasteiger partial charge >= 0.3 is 0 Å². The lowest BCUT2D eigenvalue weighted by Gasteiger charge is -2.07. The van der Waals surface area contributed by atoms with Crippen LogP contribution >= 0.6 is 0 Å². The largest absolute Gasteiger partial charge is 0.380 e. The Labute approximate surface area is 91.2 Å². The highest BCUT2D eigenvalue weighted by Gasteiger charge is 2.02. The molecule has 0 saturated carbocycles. The molecule has 0 aliphatic carbocycles. The molecular formula is C13H16N2. The van der Waals surface area contributed by atoms with E-state index in [0.717, 1.165) is 23.4 Å². The molecule has 78 valence electrons. The fourth-order valence-electron chi connectivity index (χ4n) is 1.33. The first-order valence-electron chi connectivity index (χ1n) is 5.02. The number of nitriles is 1. The summed E-state index contributed by atoms with van der Waals surface area (Å²) in [4.78, 5) is 0. The van der Waals surface area contributed by atoms with Crippen LogP contribution in [0.2, 0.25) is 0 Å². The Morgan fingerprint density at radius 3 is 2.80 bits per heavy atom. The van der Waals surface area contributed by atoms with Crippen LogP contribution in [0.1, 0.15) is 25.0 Å². The zero-order valence-corrected chi connectivity index (χ0v) is 9.46. The summed E-state index contributed by atoms with van der Waals surface area (Å²) < 4.78 is 0. The molecule has 0 amide bonds. The van der Waals surface area contributed by atoms with Crippen molar-refractivity contribution < 1.29 is 0 Å². The Morgan fingerprint density at radius 1 is 1.47 bits per heavy atom. The molecule has 0 aromatic heterocycles. The van der Waals surface area contributed by atoms with Crippen molar-refractivity contribution in [1.82, 2.24) is 0 Å². The van der Waals surface area contributed by atoms with E-state index in [0.29, 0.717) is 0 Å². The van der Waals surface area contributed by atoms with Gasteiger partial charge in [0.2, 0.25) is 0 Å². The first-order chi connectivity index (χ1) is 7.15. The van der Waals surface area contributed by atoms with Crippen LogP contribution in [0.5, 0.6) is 0 Å². The van der Waals surface area contributed by atoms with E-state index in [2.05, 4.69) is 31.3 Å². The third-order valence-corrected chi connectivity index (χ3v) is 2.19. The second-order valence-corrected chi connectivity index (χ2v) is 3.77. The lowest BCUT2D eigenvalue weighted by molar-refractivity contribution is 1.25. The quantitative estimate of drug-likeness (QED) is 0.760. The minimum absolute atomic E-state index is 0.736. The molecule has 0 heterocycles. The van der Waals surface area contributed by atoms with Crippen molar-refractivity contribution in [2.75, 3.05) is 11.9 Å². The van der Waals surface area contributed by atoms with Gasteiger partial charge in [-0.2, -0.15) is 5.26 Å². The van der Waals surface area contributed by atoms with Gasteiger partial charge in [0.25, 0.3) is 0 Å². The molecule has 1 aromatic carbocycles. The molecule has 0 bridgehead atoms. The van der Waals surface area contributed by atoms with E-state index in [9.17, 15) is 0 Å². The molecule has 0 aliphatic rings. The van der Waals surface area contributed by atoms with Gasteiger partial charge in [0, 0.05) is 6.54 Å². The van der Waals surface area contributed by atoms with Crippen molar-refractivity contribution in [3.63, 3.8) is 0 Å². The van der Waals surface area contributed by atoms with Crippen LogP contribution < -0.4 is 5.32 Å². The second-order valence-electron chi connectivity index (χ2n) is 3.77. The fourth-order valence-corrected chi connectivity index (χ4v) is 1.33. The van der Waals surface area contributed by atoms with Crippen LogP contribution in [0.4, 0.5) is 5.69 Å². The average Bonchev–Trinajstić information content (AvgIpc) is 2.17. The molecule has 0 atom stereocenters. The van der Waals surface area contributed by atoms with Gasteiger partial charge in [-0.25, -0.2) is 0 Å². The van der Waals surface area contributed by atoms with Gasteiger partial charge < -0.3 is 5.32 Å². The van der Waals surface area contributed by atoms with E-state index in [1.54, 1.807) is 0 Å². The molecule has 2 nitrogen and oxygen atoms in total. The van der Waals surface area contributed by atoms with Gasteiger partial charge in [-0.05, 0) is 32.4 Å². The van der Waals surface area contributed by atoms with Crippen LogP contribution in [-0.2, 0) is 0 Å². The first kappa shape index (κ1) is 11.3. The van der Waals surface area contributed by atoms with Crippen molar-refractivity contribution in [2.24, 2.45) is 0 Å². The smallest absolute Gasteiger partial charge is 0.102 e. The number of allylic oxidation sites excluding steroid dienone is 1. The summed E-state index contributed by atoms with van der Waals surface area (Å²) in [5.74, 6) is 0. The normalized spacial score (nSPS) is 9.20. The predicted molar refractivity (Wildman–Crippen MR) is 63.8 cm³/mol. The van der Waals surface area contributed by atoms with Gasteiger partial charge in [0.15, 0.2) is 0 Å². The number of nitrogens with one attached hydrogen (secondary N) is 1. The van der Waals surface area contributed by atoms with E-state index in [-0.39, 0.29) is 0 Å². The molecule has 15 heavy (non-hydrogen) atoms. The lowest BCUT2D eigenvalue weighted by atomic mass is 10.1. The van der Waals surface area contributed by atoms with Gasteiger partial charge in [-0.15, -0.1) is 0 Å². The van der Waals surface area contributed by atoms with E-state index >= 15 is 0 Å². The molecule has 1 N–H and O–H groups in total. The summed E-state index contributed by atoms with van der Waals surface area (Å²) in [6.45, 7) is 6.83. The van der Waals surface area contributed by atoms with Gasteiger partial charge in [0.1, 0.15) is 6.07 Å². The number of aryl methyl sites for hydroxylation is 1. The molecule has 0 aliphatic heterocycles. The summed E-state index contributed by atoms with van der Waals surface area (Å²) >= 11 is 0. The Hall–Kier alpha value is -1.75. The topological polar surface area (TPSA) is 35.8 Å². The standard InChI is InChI=1S/C13H16N2/c1-10(2)7-8-15-13-6-4-5-11(3)12(13)9-14/h4-7,15H,8H2,1-3H3. The molecule has 2 heteroatoms. The van der Waals surface area contributed by atoms with E-state index in [1.165, 1.54) is 5.57 Å². The Bertz CT molecular complexity index is 407. The second kappa shape index (κ2) is 5.21. The summed E-state index contributed by atoms with van der Waals surface area (Å²) in [5.41, 5.74) is 3.93. The maximum absolute atomic E-state index is 9.00. The average molecular weight is 200 g/mol. The monoisotopic (exact) mass is 200 g/mol. The van der Waals surface area contributed by atoms with Crippen LogP contribution in [0.3, 0.4) is 0 Å². The lowest BCUT2D eigenvalue weighted by Crippen LogP contribution is -2.01. The summed E-state index contributed by atoms with van der Waals surface area (Å²) in [6, 6.07) is 8.06. The van der Waals surface area contributed by atoms with E-state index in [1.807, 2.05) is 25.1 Å². The minimum atomic E-state index is 0.736. The Balaban J connectivity index is 2.82. The van der Waals surface area contributed by atoms with Crippen LogP contribution in [0, 0.1) is 18.3 Å². The van der Waals surface area contributed by atoms with Crippen LogP contribution in [0.25, 0.3) is 0 Å². The van der Waals surface area contributed by atoms with E-state index in [4.69, 9.17) is 5.26 Å². The fraction of sp³-hybridized carbons (Fsp3) is 0.308. The molecule has 1 aromatic rings. The molecule has 0 unspecified atom stereocenters. The zero-order valence-electron chi connectivity index (χ0n) is 9.46. The SMILES string of the molecule is CC(C)=CCNc1cccc(C)c1C#N. The number of nitrogens with zero attached hydrogens (tertiary/aromatic N) is 1. The van der Waals surface area contributed by atoms with Crippen molar-refractivity contribution in [1.29, 1.82) is 5.26 Å². The molecule has 1 rings (SSSR count). The summed E-state index contributed by atoms with van der Waals surface area (Å²) in [6.07, 6.45) is 2.10. The predicted octanol–water partition coefficient (Wildman–Crippen LogP) is 3.24. The van der Waals surface area contributed by atoms with Gasteiger partial charge in [-0.1, -0.05) is 23.8 Å². The third kappa shape index (κ3) is 3.14. The molecule has 0 fully saturated rings. The highest BCUT2D eigenvalue weighted by molar-refractivity contribution is 5.60. The minimum Gasteiger partial charge on any atom is -0.380 e. The zero-order chi connectivity index (χ0) is 11.3. The number of rotatable bonds is 3. The molecular weight excluding hydrogens is 184 g/mol. The highest BCUT2D eigenvalue weighted by Crippen LogP contribution is 2.17. The Morgan fingerprint density at radius 2 is 2.20 bits per heavy atom. The third-order valence-electron chi connectivity index (χ3n) is 2.19. The van der Waals surface area contributed by atoms with Crippen LogP contribution in [0.15, 0.2) is 29.8 Å². The van der Waals surface area contributed by atoms with Gasteiger partial charge in [0.05, 0.1) is 11.3 Å². The molecule has 0 spiro atoms. The van der Waals surface area contributed by atoms with Crippen molar-refractivity contribution in [3.05, 3.63) is 41.0 Å². The van der Waals surface area contributed by atoms with Crippen molar-refractivity contribution in [2.45, 2.75) is 20.8 Å². The number of benzene rings is 1. The Kier molecular flexibility index (Phi) is 3.93. The first-order valence-corrected chi connectivity index (χ1v) is 5.02. The summed E-state index contributed by atoms with van der Waals surface area (Å²) in [5, 5.41) is 12.2. The van der Waals surface area contributed by atoms with E-state index < -0.39 is 0 Å². The number of hydrogen-bond acceptors (Lipinski definition) is 2. The van der Waals surface area contributed by atoms with Crippen molar-refractivity contribution in [3.8, 4) is 6.07 Å².